The fourth-order valence-electron chi connectivity index (χ4n) is 4.44. The van der Waals surface area contributed by atoms with Crippen molar-refractivity contribution in [2.75, 3.05) is 26.2 Å². The molecule has 0 bridgehead atoms. The monoisotopic (exact) mass is 476 g/mol. The van der Waals surface area contributed by atoms with E-state index in [0.717, 1.165) is 29.7 Å². The molecule has 1 aliphatic rings. The van der Waals surface area contributed by atoms with Crippen LogP contribution in [-0.2, 0) is 11.2 Å². The number of nitrogens with zero attached hydrogens (tertiary/aromatic N) is 2. The molecule has 1 aliphatic heterocycles. The van der Waals surface area contributed by atoms with Gasteiger partial charge >= 0.3 is 0 Å². The summed E-state index contributed by atoms with van der Waals surface area (Å²) in [5.74, 6) is 0.668. The van der Waals surface area contributed by atoms with Gasteiger partial charge in [-0.25, -0.2) is 0 Å². The molecular formula is C28H32N2O3S. The Kier molecular flexibility index (Phi) is 7.68. The molecule has 6 heteroatoms. The Hall–Kier alpha value is -3.12. The smallest absolute Gasteiger partial charge is 0.254 e. The number of ether oxygens (including phenoxy) is 1. The molecule has 0 N–H and O–H groups in total. The van der Waals surface area contributed by atoms with E-state index in [1.807, 2.05) is 74.2 Å². The quantitative estimate of drug-likeness (QED) is 0.436. The van der Waals surface area contributed by atoms with Crippen molar-refractivity contribution in [2.24, 2.45) is 0 Å². The zero-order valence-electron chi connectivity index (χ0n) is 20.1. The Labute approximate surface area is 206 Å². The summed E-state index contributed by atoms with van der Waals surface area (Å²) >= 11 is 1.73. The minimum absolute atomic E-state index is 0.0373. The van der Waals surface area contributed by atoms with Crippen molar-refractivity contribution in [2.45, 2.75) is 39.7 Å². The van der Waals surface area contributed by atoms with Crippen LogP contribution in [0.4, 0.5) is 0 Å². The van der Waals surface area contributed by atoms with Gasteiger partial charge in [-0.05, 0) is 67.5 Å². The van der Waals surface area contributed by atoms with Crippen LogP contribution < -0.4 is 4.74 Å². The molecule has 4 rings (SSSR count). The Morgan fingerprint density at radius 1 is 1.09 bits per heavy atom. The average Bonchev–Trinajstić information content (AvgIpc) is 3.32. The van der Waals surface area contributed by atoms with Crippen LogP contribution in [-0.4, -0.2) is 47.9 Å². The summed E-state index contributed by atoms with van der Waals surface area (Å²) in [5.41, 5.74) is 3.91. The summed E-state index contributed by atoms with van der Waals surface area (Å²) in [6.07, 6.45) is 1.62. The minimum Gasteiger partial charge on any atom is -0.491 e. The normalized spacial score (nSPS) is 15.0. The number of amides is 2. The van der Waals surface area contributed by atoms with E-state index in [2.05, 4.69) is 11.4 Å². The molecule has 0 spiro atoms. The number of hydrogen-bond donors (Lipinski definition) is 0. The molecule has 2 amide bonds. The van der Waals surface area contributed by atoms with Crippen LogP contribution in [0.25, 0.3) is 0 Å². The van der Waals surface area contributed by atoms with Crippen molar-refractivity contribution in [1.29, 1.82) is 0 Å². The second kappa shape index (κ2) is 10.9. The van der Waals surface area contributed by atoms with E-state index >= 15 is 0 Å². The van der Waals surface area contributed by atoms with Gasteiger partial charge in [-0.2, -0.15) is 0 Å². The molecule has 178 valence electrons. The number of carbonyl (C=O) groups is 2. The average molecular weight is 477 g/mol. The Balaban J connectivity index is 1.52. The number of rotatable bonds is 8. The largest absolute Gasteiger partial charge is 0.491 e. The van der Waals surface area contributed by atoms with Crippen LogP contribution in [0.2, 0.25) is 0 Å². The molecular weight excluding hydrogens is 444 g/mol. The lowest BCUT2D eigenvalue weighted by Gasteiger charge is -2.37. The predicted octanol–water partition coefficient (Wildman–Crippen LogP) is 5.42. The molecule has 2 heterocycles. The van der Waals surface area contributed by atoms with Crippen molar-refractivity contribution in [3.8, 4) is 5.75 Å². The Morgan fingerprint density at radius 3 is 2.59 bits per heavy atom. The summed E-state index contributed by atoms with van der Waals surface area (Å²) in [5, 5.41) is 2.09. The van der Waals surface area contributed by atoms with Crippen LogP contribution in [0.15, 0.2) is 60.0 Å². The predicted molar refractivity (Wildman–Crippen MR) is 137 cm³/mol. The second-order valence-electron chi connectivity index (χ2n) is 8.82. The van der Waals surface area contributed by atoms with E-state index in [-0.39, 0.29) is 24.4 Å². The molecule has 0 unspecified atom stereocenters. The van der Waals surface area contributed by atoms with Crippen LogP contribution in [0, 0.1) is 13.8 Å². The van der Waals surface area contributed by atoms with Gasteiger partial charge in [-0.15, -0.1) is 11.3 Å². The third-order valence-electron chi connectivity index (χ3n) is 6.33. The van der Waals surface area contributed by atoms with E-state index in [0.29, 0.717) is 25.3 Å². The molecule has 3 aromatic rings. The summed E-state index contributed by atoms with van der Waals surface area (Å²) in [6.45, 7) is 7.64. The summed E-state index contributed by atoms with van der Waals surface area (Å²) in [7, 11) is 0. The Morgan fingerprint density at radius 2 is 1.85 bits per heavy atom. The van der Waals surface area contributed by atoms with Crippen molar-refractivity contribution in [3.63, 3.8) is 0 Å². The highest BCUT2D eigenvalue weighted by Crippen LogP contribution is 2.34. The summed E-state index contributed by atoms with van der Waals surface area (Å²) < 4.78 is 6.12. The van der Waals surface area contributed by atoms with Crippen molar-refractivity contribution in [3.05, 3.63) is 87.1 Å². The first-order chi connectivity index (χ1) is 16.5. The number of thiophene rings is 1. The van der Waals surface area contributed by atoms with Gasteiger partial charge in [0.05, 0.1) is 6.04 Å². The van der Waals surface area contributed by atoms with E-state index in [1.54, 1.807) is 16.2 Å². The van der Waals surface area contributed by atoms with Gasteiger partial charge in [0.2, 0.25) is 5.91 Å². The van der Waals surface area contributed by atoms with Gasteiger partial charge in [0, 0.05) is 23.5 Å². The van der Waals surface area contributed by atoms with Crippen LogP contribution in [0.3, 0.4) is 0 Å². The number of carbonyl (C=O) groups excluding carboxylic acids is 2. The third kappa shape index (κ3) is 5.33. The fourth-order valence-corrected chi connectivity index (χ4v) is 5.37. The molecule has 0 saturated carbocycles. The maximum atomic E-state index is 13.6. The molecule has 1 aromatic heterocycles. The van der Waals surface area contributed by atoms with Gasteiger partial charge < -0.3 is 14.5 Å². The van der Waals surface area contributed by atoms with Crippen LogP contribution in [0.5, 0.6) is 5.75 Å². The number of hydrogen-bond acceptors (Lipinski definition) is 4. The highest BCUT2D eigenvalue weighted by molar-refractivity contribution is 7.10. The van der Waals surface area contributed by atoms with Gasteiger partial charge in [-0.3, -0.25) is 9.59 Å². The van der Waals surface area contributed by atoms with Gasteiger partial charge in [-0.1, -0.05) is 42.8 Å². The number of benzene rings is 2. The molecule has 0 saturated heterocycles. The van der Waals surface area contributed by atoms with E-state index in [9.17, 15) is 9.59 Å². The molecule has 2 aromatic carbocycles. The first-order valence-corrected chi connectivity index (χ1v) is 12.8. The zero-order chi connectivity index (χ0) is 24.1. The lowest BCUT2D eigenvalue weighted by atomic mass is 10.00. The second-order valence-corrected chi connectivity index (χ2v) is 9.82. The van der Waals surface area contributed by atoms with E-state index in [1.165, 1.54) is 10.4 Å². The topological polar surface area (TPSA) is 49.9 Å². The number of aryl methyl sites for hydroxylation is 2. The molecule has 0 radical (unpaired) electrons. The van der Waals surface area contributed by atoms with Gasteiger partial charge in [0.25, 0.3) is 5.91 Å². The van der Waals surface area contributed by atoms with Crippen LogP contribution >= 0.6 is 11.3 Å². The highest BCUT2D eigenvalue weighted by atomic mass is 32.1. The molecule has 34 heavy (non-hydrogen) atoms. The fraction of sp³-hybridized carbons (Fsp3) is 0.357. The molecule has 0 aliphatic carbocycles. The lowest BCUT2D eigenvalue weighted by Crippen LogP contribution is -2.48. The van der Waals surface area contributed by atoms with Crippen molar-refractivity contribution in [1.82, 2.24) is 9.80 Å². The first-order valence-electron chi connectivity index (χ1n) is 11.9. The molecule has 0 fully saturated rings. The molecule has 5 nitrogen and oxygen atoms in total. The first kappa shape index (κ1) is 24.0. The maximum Gasteiger partial charge on any atom is 0.254 e. The zero-order valence-corrected chi connectivity index (χ0v) is 20.9. The van der Waals surface area contributed by atoms with E-state index in [4.69, 9.17) is 4.74 Å². The van der Waals surface area contributed by atoms with Crippen LogP contribution in [0.1, 0.15) is 51.3 Å². The van der Waals surface area contributed by atoms with Gasteiger partial charge in [0.15, 0.2) is 0 Å². The maximum absolute atomic E-state index is 13.6. The van der Waals surface area contributed by atoms with Crippen molar-refractivity contribution >= 4 is 23.2 Å². The van der Waals surface area contributed by atoms with Gasteiger partial charge in [0.1, 0.15) is 18.9 Å². The lowest BCUT2D eigenvalue weighted by molar-refractivity contribution is -0.135. The van der Waals surface area contributed by atoms with E-state index < -0.39 is 0 Å². The SMILES string of the molecule is CCCN(CC(=O)N1CCc2sccc2[C@@H]1COc1ccc(C)cc1)C(=O)c1ccccc1C. The molecule has 1 atom stereocenters. The highest BCUT2D eigenvalue weighted by Gasteiger charge is 2.33. The number of fused-ring (bicyclic) bond motifs is 1. The van der Waals surface area contributed by atoms with Crippen molar-refractivity contribution < 1.29 is 14.3 Å². The summed E-state index contributed by atoms with van der Waals surface area (Å²) in [4.78, 5) is 31.8. The Bertz CT molecular complexity index is 1140. The standard InChI is InChI=1S/C28H32N2O3S/c1-4-15-29(28(32)23-8-6-5-7-21(23)3)18-27(31)30-16-13-26-24(14-17-34-26)25(30)19-33-22-11-9-20(2)10-12-22/h5-12,14,17,25H,4,13,15-16,18-19H2,1-3H3/t25-/m0/s1. The minimum atomic E-state index is -0.166. The third-order valence-corrected chi connectivity index (χ3v) is 7.32. The summed E-state index contributed by atoms with van der Waals surface area (Å²) in [6, 6.07) is 17.5.